The van der Waals surface area contributed by atoms with Crippen molar-refractivity contribution in [1.29, 1.82) is 0 Å². The predicted octanol–water partition coefficient (Wildman–Crippen LogP) is 3.96. The molecule has 21 heavy (non-hydrogen) atoms. The van der Waals surface area contributed by atoms with Crippen molar-refractivity contribution >= 4 is 10.9 Å². The number of hydrogen-bond acceptors (Lipinski definition) is 2. The molecule has 0 aliphatic heterocycles. The molecule has 1 aromatic heterocycles. The molecule has 0 aliphatic carbocycles. The fourth-order valence-electron chi connectivity index (χ4n) is 2.45. The topological polar surface area (TPSA) is 26.2 Å². The van der Waals surface area contributed by atoms with Crippen LogP contribution in [0.25, 0.3) is 10.9 Å². The Morgan fingerprint density at radius 2 is 1.95 bits per heavy atom. The van der Waals surface area contributed by atoms with Gasteiger partial charge < -0.3 is 14.6 Å². The fourth-order valence-corrected chi connectivity index (χ4v) is 2.45. The van der Waals surface area contributed by atoms with E-state index in [1.54, 1.807) is 7.11 Å². The van der Waals surface area contributed by atoms with Crippen LogP contribution in [0.3, 0.4) is 0 Å². The van der Waals surface area contributed by atoms with Gasteiger partial charge in [0.15, 0.2) is 0 Å². The molecule has 2 rings (SSSR count). The van der Waals surface area contributed by atoms with Gasteiger partial charge in [0.05, 0.1) is 0 Å². The Morgan fingerprint density at radius 3 is 2.67 bits per heavy atom. The second-order valence-electron chi connectivity index (χ2n) is 6.71. The molecule has 2 aromatic rings. The summed E-state index contributed by atoms with van der Waals surface area (Å²) in [6.45, 7) is 9.42. The van der Waals surface area contributed by atoms with Crippen LogP contribution < -0.4 is 5.32 Å². The van der Waals surface area contributed by atoms with Gasteiger partial charge in [-0.05, 0) is 62.8 Å². The van der Waals surface area contributed by atoms with Crippen molar-refractivity contribution in [2.75, 3.05) is 13.7 Å². The number of nitrogens with zero attached hydrogens (tertiary/aromatic N) is 1. The first kappa shape index (κ1) is 16.1. The fraction of sp³-hybridized carbons (Fsp3) is 0.556. The first-order valence-electron chi connectivity index (χ1n) is 7.81. The summed E-state index contributed by atoms with van der Waals surface area (Å²) in [5, 5.41) is 4.87. The van der Waals surface area contributed by atoms with Crippen molar-refractivity contribution < 1.29 is 4.74 Å². The third-order valence-electron chi connectivity index (χ3n) is 3.66. The van der Waals surface area contributed by atoms with E-state index in [0.29, 0.717) is 0 Å². The predicted molar refractivity (Wildman–Crippen MR) is 89.6 cm³/mol. The second kappa shape index (κ2) is 7.10. The van der Waals surface area contributed by atoms with Crippen LogP contribution in [0.1, 0.15) is 39.2 Å². The van der Waals surface area contributed by atoms with Crippen molar-refractivity contribution in [3.63, 3.8) is 0 Å². The summed E-state index contributed by atoms with van der Waals surface area (Å²) in [5.74, 6) is 0. The number of ether oxygens (including phenoxy) is 1. The lowest BCUT2D eigenvalue weighted by molar-refractivity contribution is 0.191. The SMILES string of the molecule is COCCCCn1ccc2cc(CNC(C)(C)C)ccc21. The highest BCUT2D eigenvalue weighted by Gasteiger charge is 2.09. The summed E-state index contributed by atoms with van der Waals surface area (Å²) in [5.41, 5.74) is 2.82. The van der Waals surface area contributed by atoms with Gasteiger partial charge in [-0.3, -0.25) is 0 Å². The van der Waals surface area contributed by atoms with Gasteiger partial charge in [-0.1, -0.05) is 6.07 Å². The largest absolute Gasteiger partial charge is 0.385 e. The van der Waals surface area contributed by atoms with Crippen LogP contribution in [-0.4, -0.2) is 23.8 Å². The molecule has 0 atom stereocenters. The molecule has 0 fully saturated rings. The monoisotopic (exact) mass is 288 g/mol. The number of benzene rings is 1. The normalized spacial score (nSPS) is 12.2. The molecule has 0 radical (unpaired) electrons. The summed E-state index contributed by atoms with van der Waals surface area (Å²) < 4.78 is 7.44. The summed E-state index contributed by atoms with van der Waals surface area (Å²) >= 11 is 0. The third kappa shape index (κ3) is 4.87. The number of rotatable bonds is 7. The van der Waals surface area contributed by atoms with E-state index < -0.39 is 0 Å². The molecule has 0 saturated heterocycles. The molecule has 0 bridgehead atoms. The maximum absolute atomic E-state index is 5.10. The zero-order chi connectivity index (χ0) is 15.3. The van der Waals surface area contributed by atoms with Crippen LogP contribution in [0, 0.1) is 0 Å². The van der Waals surface area contributed by atoms with E-state index in [1.807, 2.05) is 0 Å². The lowest BCUT2D eigenvalue weighted by Crippen LogP contribution is -2.35. The van der Waals surface area contributed by atoms with Crippen molar-refractivity contribution in [3.05, 3.63) is 36.0 Å². The Labute approximate surface area is 128 Å². The maximum Gasteiger partial charge on any atom is 0.0480 e. The van der Waals surface area contributed by atoms with Crippen molar-refractivity contribution in [1.82, 2.24) is 9.88 Å². The number of aromatic nitrogens is 1. The van der Waals surface area contributed by atoms with E-state index in [1.165, 1.54) is 16.5 Å². The van der Waals surface area contributed by atoms with Crippen molar-refractivity contribution in [2.45, 2.75) is 52.2 Å². The second-order valence-corrected chi connectivity index (χ2v) is 6.71. The lowest BCUT2D eigenvalue weighted by atomic mass is 10.1. The minimum Gasteiger partial charge on any atom is -0.385 e. The number of hydrogen-bond donors (Lipinski definition) is 1. The number of aryl methyl sites for hydroxylation is 1. The zero-order valence-corrected chi connectivity index (χ0v) is 13.8. The highest BCUT2D eigenvalue weighted by molar-refractivity contribution is 5.80. The van der Waals surface area contributed by atoms with E-state index in [-0.39, 0.29) is 5.54 Å². The van der Waals surface area contributed by atoms with Gasteiger partial charge >= 0.3 is 0 Å². The van der Waals surface area contributed by atoms with Crippen LogP contribution in [-0.2, 0) is 17.8 Å². The zero-order valence-electron chi connectivity index (χ0n) is 13.8. The van der Waals surface area contributed by atoms with E-state index in [2.05, 4.69) is 61.1 Å². The van der Waals surface area contributed by atoms with Crippen LogP contribution >= 0.6 is 0 Å². The molecule has 0 amide bonds. The Morgan fingerprint density at radius 1 is 1.14 bits per heavy atom. The van der Waals surface area contributed by atoms with Crippen LogP contribution in [0.2, 0.25) is 0 Å². The molecule has 0 aliphatic rings. The van der Waals surface area contributed by atoms with Crippen LogP contribution in [0.15, 0.2) is 30.5 Å². The molecule has 0 spiro atoms. The number of unbranched alkanes of at least 4 members (excludes halogenated alkanes) is 1. The molecule has 1 N–H and O–H groups in total. The summed E-state index contributed by atoms with van der Waals surface area (Å²) in [7, 11) is 1.76. The summed E-state index contributed by atoms with van der Waals surface area (Å²) in [6, 6.07) is 8.98. The van der Waals surface area contributed by atoms with Crippen molar-refractivity contribution in [3.8, 4) is 0 Å². The first-order chi connectivity index (χ1) is 9.99. The Kier molecular flexibility index (Phi) is 5.43. The molecular formula is C18H28N2O. The van der Waals surface area contributed by atoms with Crippen molar-refractivity contribution in [2.24, 2.45) is 0 Å². The number of nitrogens with one attached hydrogen (secondary N) is 1. The molecule has 3 nitrogen and oxygen atoms in total. The van der Waals surface area contributed by atoms with E-state index in [4.69, 9.17) is 4.74 Å². The average molecular weight is 288 g/mol. The van der Waals surface area contributed by atoms with Gasteiger partial charge in [-0.15, -0.1) is 0 Å². The van der Waals surface area contributed by atoms with Gasteiger partial charge in [0.25, 0.3) is 0 Å². The van der Waals surface area contributed by atoms with E-state index >= 15 is 0 Å². The van der Waals surface area contributed by atoms with Gasteiger partial charge in [-0.2, -0.15) is 0 Å². The molecule has 1 heterocycles. The number of methoxy groups -OCH3 is 1. The molecular weight excluding hydrogens is 260 g/mol. The highest BCUT2D eigenvalue weighted by Crippen LogP contribution is 2.19. The summed E-state index contributed by atoms with van der Waals surface area (Å²) in [6.07, 6.45) is 4.47. The first-order valence-corrected chi connectivity index (χ1v) is 7.81. The standard InChI is InChI=1S/C18H28N2O/c1-18(2,3)19-14-15-7-8-17-16(13-15)9-11-20(17)10-5-6-12-21-4/h7-9,11,13,19H,5-6,10,12,14H2,1-4H3. The van der Waals surface area contributed by atoms with E-state index in [0.717, 1.165) is 32.5 Å². The number of fused-ring (bicyclic) bond motifs is 1. The summed E-state index contributed by atoms with van der Waals surface area (Å²) in [4.78, 5) is 0. The minimum atomic E-state index is 0.155. The Hall–Kier alpha value is -1.32. The lowest BCUT2D eigenvalue weighted by Gasteiger charge is -2.20. The smallest absolute Gasteiger partial charge is 0.0480 e. The van der Waals surface area contributed by atoms with Gasteiger partial charge in [0, 0.05) is 44.1 Å². The van der Waals surface area contributed by atoms with E-state index in [9.17, 15) is 0 Å². The average Bonchev–Trinajstić information content (AvgIpc) is 2.83. The van der Waals surface area contributed by atoms with Gasteiger partial charge in [0.2, 0.25) is 0 Å². The van der Waals surface area contributed by atoms with Gasteiger partial charge in [0.1, 0.15) is 0 Å². The maximum atomic E-state index is 5.10. The van der Waals surface area contributed by atoms with Crippen LogP contribution in [0.5, 0.6) is 0 Å². The highest BCUT2D eigenvalue weighted by atomic mass is 16.5. The van der Waals surface area contributed by atoms with Gasteiger partial charge in [-0.25, -0.2) is 0 Å². The molecule has 1 aromatic carbocycles. The molecule has 3 heteroatoms. The Bertz CT molecular complexity index is 566. The minimum absolute atomic E-state index is 0.155. The molecule has 116 valence electrons. The third-order valence-corrected chi connectivity index (χ3v) is 3.66. The van der Waals surface area contributed by atoms with Crippen LogP contribution in [0.4, 0.5) is 0 Å². The molecule has 0 saturated carbocycles. The quantitative estimate of drug-likeness (QED) is 0.781. The molecule has 0 unspecified atom stereocenters. The Balaban J connectivity index is 2.01.